The van der Waals surface area contributed by atoms with E-state index < -0.39 is 7.67 Å². The molecule has 0 heterocycles. The van der Waals surface area contributed by atoms with Gasteiger partial charge in [-0.1, -0.05) is 39.3 Å². The van der Waals surface area contributed by atoms with E-state index in [2.05, 4.69) is 25.7 Å². The van der Waals surface area contributed by atoms with Crippen molar-refractivity contribution in [3.8, 4) is 0 Å². The van der Waals surface area contributed by atoms with Gasteiger partial charge in [0, 0.05) is 10.0 Å². The number of nitrogens with two attached hydrogens (primary N) is 2. The van der Waals surface area contributed by atoms with Gasteiger partial charge in [-0.25, -0.2) is 15.6 Å². The molecule has 0 aromatic heterocycles. The van der Waals surface area contributed by atoms with Crippen molar-refractivity contribution < 1.29 is 9.19 Å². The Hall–Kier alpha value is -0.680. The molecule has 1 aromatic rings. The Morgan fingerprint density at radius 2 is 2.07 bits per heavy atom. The summed E-state index contributed by atoms with van der Waals surface area (Å²) in [5, 5.41) is 3.60. The zero-order chi connectivity index (χ0) is 11.5. The minimum absolute atomic E-state index is 0.540. The van der Waals surface area contributed by atoms with Gasteiger partial charge in [0.25, 0.3) is 0 Å². The summed E-state index contributed by atoms with van der Waals surface area (Å²) in [7, 11) is -3.56. The van der Waals surface area contributed by atoms with Crippen LogP contribution in [0.15, 0.2) is 33.9 Å². The van der Waals surface area contributed by atoms with Crippen LogP contribution < -0.4 is 11.0 Å². The van der Waals surface area contributed by atoms with Gasteiger partial charge in [0.1, 0.15) is 0 Å². The van der Waals surface area contributed by atoms with Crippen molar-refractivity contribution in [2.75, 3.05) is 0 Å². The second kappa shape index (κ2) is 4.90. The van der Waals surface area contributed by atoms with E-state index in [0.717, 1.165) is 10.0 Å². The van der Waals surface area contributed by atoms with Crippen LogP contribution in [0.5, 0.6) is 0 Å². The Bertz CT molecular complexity index is 430. The average molecular weight is 292 g/mol. The lowest BCUT2D eigenvalue weighted by Gasteiger charge is -2.05. The zero-order valence-corrected chi connectivity index (χ0v) is 10.5. The van der Waals surface area contributed by atoms with Gasteiger partial charge >= 0.3 is 7.67 Å². The molecule has 15 heavy (non-hydrogen) atoms. The van der Waals surface area contributed by atoms with Crippen molar-refractivity contribution in [3.63, 3.8) is 0 Å². The van der Waals surface area contributed by atoms with E-state index in [1.165, 1.54) is 0 Å². The van der Waals surface area contributed by atoms with Gasteiger partial charge in [-0.05, 0) is 13.0 Å². The van der Waals surface area contributed by atoms with Crippen LogP contribution in [0.2, 0.25) is 0 Å². The number of benzene rings is 1. The first-order chi connectivity index (χ1) is 6.90. The van der Waals surface area contributed by atoms with Crippen molar-refractivity contribution >= 4 is 29.3 Å². The molecule has 0 aliphatic rings. The molecule has 0 saturated heterocycles. The number of oxime groups is 1. The van der Waals surface area contributed by atoms with Gasteiger partial charge in [0.05, 0.1) is 5.71 Å². The van der Waals surface area contributed by atoms with E-state index in [4.69, 9.17) is 11.0 Å². The van der Waals surface area contributed by atoms with E-state index in [9.17, 15) is 4.57 Å². The molecule has 82 valence electrons. The fourth-order valence-electron chi connectivity index (χ4n) is 0.929. The van der Waals surface area contributed by atoms with Gasteiger partial charge < -0.3 is 4.62 Å². The predicted octanol–water partition coefficient (Wildman–Crippen LogP) is 2.22. The van der Waals surface area contributed by atoms with Gasteiger partial charge in [-0.15, -0.1) is 0 Å². The molecule has 0 atom stereocenters. The summed E-state index contributed by atoms with van der Waals surface area (Å²) in [5.41, 5.74) is 11.3. The van der Waals surface area contributed by atoms with Crippen LogP contribution in [-0.4, -0.2) is 5.71 Å². The highest BCUT2D eigenvalue weighted by atomic mass is 79.9. The molecule has 0 aliphatic heterocycles. The molecule has 0 amide bonds. The first kappa shape index (κ1) is 12.4. The van der Waals surface area contributed by atoms with Crippen molar-refractivity contribution in [1.29, 1.82) is 0 Å². The Labute approximate surface area is 96.2 Å². The summed E-state index contributed by atoms with van der Waals surface area (Å²) >= 11 is 3.35. The van der Waals surface area contributed by atoms with Crippen molar-refractivity contribution in [2.24, 2.45) is 16.2 Å². The molecule has 5 nitrogen and oxygen atoms in total. The minimum atomic E-state index is -3.56. The number of nitrogens with zero attached hydrogens (tertiary/aromatic N) is 1. The first-order valence-electron chi connectivity index (χ1n) is 4.05. The topological polar surface area (TPSA) is 90.7 Å². The number of rotatable bonds is 3. The van der Waals surface area contributed by atoms with E-state index in [1.54, 1.807) is 6.92 Å². The molecule has 0 aliphatic carbocycles. The molecule has 0 saturated carbocycles. The number of halogens is 1. The van der Waals surface area contributed by atoms with E-state index in [0.29, 0.717) is 5.71 Å². The van der Waals surface area contributed by atoms with Crippen LogP contribution >= 0.6 is 23.6 Å². The molecule has 4 N–H and O–H groups in total. The molecule has 0 bridgehead atoms. The van der Waals surface area contributed by atoms with Crippen LogP contribution in [0.3, 0.4) is 0 Å². The second-order valence-electron chi connectivity index (χ2n) is 2.88. The van der Waals surface area contributed by atoms with E-state index in [-0.39, 0.29) is 0 Å². The third kappa shape index (κ3) is 4.13. The monoisotopic (exact) mass is 291 g/mol. The highest BCUT2D eigenvalue weighted by molar-refractivity contribution is 9.10. The lowest BCUT2D eigenvalue weighted by atomic mass is 10.1. The van der Waals surface area contributed by atoms with Crippen LogP contribution in [0.1, 0.15) is 12.5 Å². The maximum Gasteiger partial charge on any atom is 0.405 e. The van der Waals surface area contributed by atoms with Gasteiger partial charge in [0.2, 0.25) is 0 Å². The summed E-state index contributed by atoms with van der Waals surface area (Å²) in [6.07, 6.45) is 0. The Morgan fingerprint density at radius 3 is 2.60 bits per heavy atom. The van der Waals surface area contributed by atoms with Crippen molar-refractivity contribution in [2.45, 2.75) is 6.92 Å². The molecule has 1 rings (SSSR count). The highest BCUT2D eigenvalue weighted by Crippen LogP contribution is 2.27. The molecule has 0 radical (unpaired) electrons. The summed E-state index contributed by atoms with van der Waals surface area (Å²) < 4.78 is 16.2. The van der Waals surface area contributed by atoms with Crippen LogP contribution in [0.4, 0.5) is 0 Å². The van der Waals surface area contributed by atoms with Gasteiger partial charge in [-0.3, -0.25) is 0 Å². The largest absolute Gasteiger partial charge is 0.405 e. The molecule has 1 aromatic carbocycles. The fourth-order valence-corrected chi connectivity index (χ4v) is 1.75. The molecule has 0 fully saturated rings. The summed E-state index contributed by atoms with van der Waals surface area (Å²) in [6.45, 7) is 1.70. The Kier molecular flexibility index (Phi) is 4.04. The first-order valence-corrected chi connectivity index (χ1v) is 6.61. The Balaban J connectivity index is 2.90. The van der Waals surface area contributed by atoms with Crippen LogP contribution in [0, 0.1) is 0 Å². The molecule has 0 spiro atoms. The van der Waals surface area contributed by atoms with Gasteiger partial charge in [0.15, 0.2) is 0 Å². The quantitative estimate of drug-likeness (QED) is 0.507. The fraction of sp³-hybridized carbons (Fsp3) is 0.125. The van der Waals surface area contributed by atoms with Crippen LogP contribution in [0.25, 0.3) is 0 Å². The Morgan fingerprint density at radius 1 is 1.47 bits per heavy atom. The minimum Gasteiger partial charge on any atom is -0.312 e. The lowest BCUT2D eigenvalue weighted by molar-refractivity contribution is 0.335. The molecule has 0 unspecified atom stereocenters. The van der Waals surface area contributed by atoms with E-state index in [1.807, 2.05) is 24.3 Å². The predicted molar refractivity (Wildman–Crippen MR) is 63.4 cm³/mol. The van der Waals surface area contributed by atoms with Crippen molar-refractivity contribution in [3.05, 3.63) is 34.3 Å². The van der Waals surface area contributed by atoms with Crippen LogP contribution in [-0.2, 0) is 9.19 Å². The van der Waals surface area contributed by atoms with Crippen molar-refractivity contribution in [1.82, 2.24) is 0 Å². The average Bonchev–Trinajstić information content (AvgIpc) is 2.14. The maximum absolute atomic E-state index is 10.8. The second-order valence-corrected chi connectivity index (χ2v) is 5.19. The molecular weight excluding hydrogens is 281 g/mol. The third-order valence-electron chi connectivity index (χ3n) is 1.57. The normalized spacial score (nSPS) is 12.7. The van der Waals surface area contributed by atoms with Gasteiger partial charge in [-0.2, -0.15) is 0 Å². The lowest BCUT2D eigenvalue weighted by Crippen LogP contribution is -2.07. The smallest absolute Gasteiger partial charge is 0.312 e. The number of hydrogen-bond donors (Lipinski definition) is 2. The summed E-state index contributed by atoms with van der Waals surface area (Å²) in [6, 6.07) is 7.42. The summed E-state index contributed by atoms with van der Waals surface area (Å²) in [5.74, 6) is 0. The third-order valence-corrected chi connectivity index (χ3v) is 2.60. The summed E-state index contributed by atoms with van der Waals surface area (Å²) in [4.78, 5) is 0. The van der Waals surface area contributed by atoms with E-state index >= 15 is 0 Å². The number of hydrogen-bond acceptors (Lipinski definition) is 3. The maximum atomic E-state index is 10.8. The molecular formula is C8H11BrN3O2P. The zero-order valence-electron chi connectivity index (χ0n) is 8.05. The standard InChI is InChI=1S/C8H11BrN3O2P/c1-6(12-14-15(10,11)13)7-4-2-3-5-8(7)9/h2-5H,1H3,(H4,10,11,13)/b12-6+. The molecule has 7 heteroatoms. The SMILES string of the molecule is C/C(=N\OP(N)(N)=O)c1ccccc1Br. The highest BCUT2D eigenvalue weighted by Gasteiger charge is 2.09.